The van der Waals surface area contributed by atoms with Gasteiger partial charge in [-0.3, -0.25) is 0 Å². The summed E-state index contributed by atoms with van der Waals surface area (Å²) in [5.41, 5.74) is 10.6. The fourth-order valence-electron chi connectivity index (χ4n) is 3.12. The Morgan fingerprint density at radius 3 is 1.62 bits per heavy atom. The van der Waals surface area contributed by atoms with E-state index in [-0.39, 0.29) is 0 Å². The summed E-state index contributed by atoms with van der Waals surface area (Å²) in [5, 5.41) is 0. The summed E-state index contributed by atoms with van der Waals surface area (Å²) in [7, 11) is 0. The smallest absolute Gasteiger partial charge is 0.0184 e. The zero-order valence-corrected chi connectivity index (χ0v) is 18.8. The third-order valence-electron chi connectivity index (χ3n) is 5.18. The Labute approximate surface area is 177 Å². The van der Waals surface area contributed by atoms with Gasteiger partial charge in [0.2, 0.25) is 0 Å². The second-order valence-corrected chi connectivity index (χ2v) is 7.67. The van der Waals surface area contributed by atoms with Gasteiger partial charge >= 0.3 is 0 Å². The Hall–Kier alpha value is -2.86. The standard InChI is InChI=1S/C15H20.C14H14/c1-5-6-9-12(2)14(4)15-11-8-7-10-13(15)3;1-11-3-7-13(8-4-11)14-9-5-12(2)6-10-14/h6-11H,5H2,1-4H3;3-10H,1-2H3/b9-6-,14-12+;. The van der Waals surface area contributed by atoms with Crippen molar-refractivity contribution in [3.8, 4) is 11.1 Å². The van der Waals surface area contributed by atoms with Crippen molar-refractivity contribution < 1.29 is 0 Å². The molecule has 0 atom stereocenters. The van der Waals surface area contributed by atoms with E-state index >= 15 is 0 Å². The molecule has 0 fully saturated rings. The highest BCUT2D eigenvalue weighted by Gasteiger charge is 2.01. The van der Waals surface area contributed by atoms with E-state index in [1.165, 1.54) is 44.5 Å². The number of hydrogen-bond donors (Lipinski definition) is 0. The molecular weight excluding hydrogens is 348 g/mol. The lowest BCUT2D eigenvalue weighted by molar-refractivity contribution is 1.22. The van der Waals surface area contributed by atoms with Crippen LogP contribution in [-0.2, 0) is 0 Å². The minimum absolute atomic E-state index is 1.10. The van der Waals surface area contributed by atoms with Crippen molar-refractivity contribution in [2.45, 2.75) is 48.0 Å². The highest BCUT2D eigenvalue weighted by Crippen LogP contribution is 2.22. The van der Waals surface area contributed by atoms with Crippen molar-refractivity contribution in [2.75, 3.05) is 0 Å². The minimum atomic E-state index is 1.10. The van der Waals surface area contributed by atoms with Crippen molar-refractivity contribution in [3.05, 3.63) is 113 Å². The van der Waals surface area contributed by atoms with Gasteiger partial charge in [0.25, 0.3) is 0 Å². The molecule has 0 heteroatoms. The number of allylic oxidation sites excluding steroid dienone is 4. The SMILES string of the molecule is CC/C=C\C(C)=C(/C)c1ccccc1C.Cc1ccc(-c2ccc(C)cc2)cc1. The van der Waals surface area contributed by atoms with Crippen LogP contribution in [0.25, 0.3) is 16.7 Å². The van der Waals surface area contributed by atoms with Crippen molar-refractivity contribution in [3.63, 3.8) is 0 Å². The lowest BCUT2D eigenvalue weighted by atomic mass is 9.98. The van der Waals surface area contributed by atoms with E-state index in [1.54, 1.807) is 0 Å². The number of hydrogen-bond acceptors (Lipinski definition) is 0. The van der Waals surface area contributed by atoms with Gasteiger partial charge in [-0.25, -0.2) is 0 Å². The Kier molecular flexibility index (Phi) is 8.68. The molecule has 3 aromatic carbocycles. The maximum atomic E-state index is 2.21. The second-order valence-electron chi connectivity index (χ2n) is 7.67. The van der Waals surface area contributed by atoms with E-state index in [9.17, 15) is 0 Å². The maximum absolute atomic E-state index is 2.21. The van der Waals surface area contributed by atoms with Crippen LogP contribution in [0.15, 0.2) is 90.5 Å². The summed E-state index contributed by atoms with van der Waals surface area (Å²) in [6.07, 6.45) is 5.51. The van der Waals surface area contributed by atoms with E-state index in [2.05, 4.69) is 126 Å². The van der Waals surface area contributed by atoms with Gasteiger partial charge in [0.05, 0.1) is 0 Å². The third-order valence-corrected chi connectivity index (χ3v) is 5.18. The molecule has 0 N–H and O–H groups in total. The Morgan fingerprint density at radius 1 is 0.690 bits per heavy atom. The van der Waals surface area contributed by atoms with E-state index in [1.807, 2.05) is 0 Å². The molecule has 0 heterocycles. The van der Waals surface area contributed by atoms with Crippen molar-refractivity contribution in [2.24, 2.45) is 0 Å². The molecule has 0 aliphatic heterocycles. The first-order valence-electron chi connectivity index (χ1n) is 10.5. The number of aryl methyl sites for hydroxylation is 3. The summed E-state index contributed by atoms with van der Waals surface area (Å²) in [5.74, 6) is 0. The van der Waals surface area contributed by atoms with Crippen LogP contribution in [0.2, 0.25) is 0 Å². The molecule has 0 radical (unpaired) electrons. The number of rotatable bonds is 4. The molecule has 3 rings (SSSR count). The monoisotopic (exact) mass is 382 g/mol. The van der Waals surface area contributed by atoms with Crippen molar-refractivity contribution in [1.82, 2.24) is 0 Å². The van der Waals surface area contributed by atoms with Crippen molar-refractivity contribution in [1.29, 1.82) is 0 Å². The Balaban J connectivity index is 0.000000207. The average molecular weight is 383 g/mol. The van der Waals surface area contributed by atoms with Gasteiger partial charge in [0, 0.05) is 0 Å². The highest BCUT2D eigenvalue weighted by molar-refractivity contribution is 5.70. The van der Waals surface area contributed by atoms with Gasteiger partial charge < -0.3 is 0 Å². The summed E-state index contributed by atoms with van der Waals surface area (Å²) in [6, 6.07) is 25.8. The molecular formula is C29H34. The molecule has 0 spiro atoms. The molecule has 0 saturated heterocycles. The van der Waals surface area contributed by atoms with Gasteiger partial charge in [0.15, 0.2) is 0 Å². The Morgan fingerprint density at radius 2 is 1.17 bits per heavy atom. The average Bonchev–Trinajstić information content (AvgIpc) is 2.73. The first kappa shape index (κ1) is 22.4. The molecule has 0 bridgehead atoms. The predicted molar refractivity (Wildman–Crippen MR) is 130 cm³/mol. The van der Waals surface area contributed by atoms with Crippen LogP contribution in [-0.4, -0.2) is 0 Å². The molecule has 0 amide bonds. The fraction of sp³-hybridized carbons (Fsp3) is 0.241. The minimum Gasteiger partial charge on any atom is -0.0845 e. The molecule has 0 saturated carbocycles. The van der Waals surface area contributed by atoms with Gasteiger partial charge in [0.1, 0.15) is 0 Å². The molecule has 29 heavy (non-hydrogen) atoms. The van der Waals surface area contributed by atoms with Crippen LogP contribution >= 0.6 is 0 Å². The largest absolute Gasteiger partial charge is 0.0845 e. The van der Waals surface area contributed by atoms with Crippen molar-refractivity contribution >= 4 is 5.57 Å². The molecule has 0 unspecified atom stereocenters. The first-order valence-corrected chi connectivity index (χ1v) is 10.5. The third kappa shape index (κ3) is 6.91. The normalized spacial score (nSPS) is 11.7. The molecule has 0 aliphatic rings. The summed E-state index contributed by atoms with van der Waals surface area (Å²) in [4.78, 5) is 0. The van der Waals surface area contributed by atoms with E-state index in [0.717, 1.165) is 6.42 Å². The first-order chi connectivity index (χ1) is 13.9. The number of benzene rings is 3. The zero-order chi connectivity index (χ0) is 21.2. The van der Waals surface area contributed by atoms with Crippen LogP contribution in [0.3, 0.4) is 0 Å². The van der Waals surface area contributed by atoms with Crippen LogP contribution in [0.1, 0.15) is 49.4 Å². The fourth-order valence-corrected chi connectivity index (χ4v) is 3.12. The molecule has 3 aromatic rings. The van der Waals surface area contributed by atoms with Crippen LogP contribution in [0.4, 0.5) is 0 Å². The summed E-state index contributed by atoms with van der Waals surface area (Å²) < 4.78 is 0. The van der Waals surface area contributed by atoms with Crippen LogP contribution < -0.4 is 0 Å². The topological polar surface area (TPSA) is 0 Å². The van der Waals surface area contributed by atoms with E-state index in [4.69, 9.17) is 0 Å². The second kappa shape index (κ2) is 11.2. The van der Waals surface area contributed by atoms with Gasteiger partial charge in [-0.1, -0.05) is 103 Å². The highest BCUT2D eigenvalue weighted by atomic mass is 14.1. The predicted octanol–water partition coefficient (Wildman–Crippen LogP) is 8.73. The molecule has 0 aromatic heterocycles. The van der Waals surface area contributed by atoms with Crippen LogP contribution in [0.5, 0.6) is 0 Å². The van der Waals surface area contributed by atoms with Gasteiger partial charge in [-0.15, -0.1) is 0 Å². The zero-order valence-electron chi connectivity index (χ0n) is 18.8. The summed E-state index contributed by atoms with van der Waals surface area (Å²) >= 11 is 0. The quantitative estimate of drug-likeness (QED) is 0.396. The van der Waals surface area contributed by atoms with E-state index < -0.39 is 0 Å². The van der Waals surface area contributed by atoms with Gasteiger partial charge in [-0.2, -0.15) is 0 Å². The lowest BCUT2D eigenvalue weighted by Crippen LogP contribution is -1.87. The molecule has 0 aliphatic carbocycles. The lowest BCUT2D eigenvalue weighted by Gasteiger charge is -2.08. The molecule has 150 valence electrons. The molecule has 0 nitrogen and oxygen atoms in total. The summed E-state index contributed by atoms with van der Waals surface area (Å²) in [6.45, 7) is 12.9. The van der Waals surface area contributed by atoms with Gasteiger partial charge in [-0.05, 0) is 74.4 Å². The Bertz CT molecular complexity index is 908. The van der Waals surface area contributed by atoms with E-state index in [0.29, 0.717) is 0 Å². The maximum Gasteiger partial charge on any atom is -0.0184 e. The van der Waals surface area contributed by atoms with Crippen LogP contribution in [0, 0.1) is 20.8 Å².